The van der Waals surface area contributed by atoms with Crippen molar-refractivity contribution < 1.29 is 0 Å². The van der Waals surface area contributed by atoms with Crippen molar-refractivity contribution in [1.82, 2.24) is 59.4 Å². The molecule has 0 spiro atoms. The Balaban J connectivity index is 0.770. The van der Waals surface area contributed by atoms with Gasteiger partial charge in [-0.05, 0) is 131 Å². The van der Waals surface area contributed by atoms with Crippen LogP contribution < -0.4 is 26.2 Å². The van der Waals surface area contributed by atoms with Crippen LogP contribution in [0.2, 0.25) is 0 Å². The lowest BCUT2D eigenvalue weighted by Gasteiger charge is -2.45. The Bertz CT molecular complexity index is 7300. The van der Waals surface area contributed by atoms with Crippen LogP contribution in [-0.4, -0.2) is 66.1 Å². The van der Waals surface area contributed by atoms with E-state index in [0.29, 0.717) is 63.9 Å². The number of anilines is 6. The van der Waals surface area contributed by atoms with Crippen molar-refractivity contribution in [3.63, 3.8) is 0 Å². The summed E-state index contributed by atoms with van der Waals surface area (Å²) in [5, 5.41) is 1.82. The molecule has 0 amide bonds. The quantitative estimate of drug-likeness (QED) is 0.0844. The molecule has 0 fully saturated rings. The van der Waals surface area contributed by atoms with Gasteiger partial charge in [0.1, 0.15) is 0 Å². The molecule has 7 heterocycles. The second kappa shape index (κ2) is 30.8. The summed E-state index contributed by atoms with van der Waals surface area (Å²) >= 11 is 0. The van der Waals surface area contributed by atoms with Crippen molar-refractivity contribution in [1.29, 1.82) is 0 Å². The smallest absolute Gasteiger partial charge is 0.252 e. The summed E-state index contributed by atoms with van der Waals surface area (Å²) in [6.07, 6.45) is 0. The lowest BCUT2D eigenvalue weighted by molar-refractivity contribution is 1.07. The van der Waals surface area contributed by atoms with Crippen LogP contribution in [0.4, 0.5) is 34.1 Å². The van der Waals surface area contributed by atoms with Crippen molar-refractivity contribution in [3.05, 3.63) is 419 Å². The molecule has 578 valence electrons. The van der Waals surface area contributed by atoms with Crippen LogP contribution in [0.1, 0.15) is 0 Å². The Morgan fingerprint density at radius 1 is 0.185 bits per heavy atom. The van der Waals surface area contributed by atoms with Crippen LogP contribution in [0.15, 0.2) is 419 Å². The molecule has 0 N–H and O–H groups in total. The van der Waals surface area contributed by atoms with Gasteiger partial charge in [0.25, 0.3) is 6.71 Å². The van der Waals surface area contributed by atoms with Gasteiger partial charge in [-0.1, -0.05) is 309 Å². The van der Waals surface area contributed by atoms with E-state index in [2.05, 4.69) is 245 Å². The molecule has 0 saturated carbocycles. The third-order valence-corrected chi connectivity index (χ3v) is 23.3. The fourth-order valence-corrected chi connectivity index (χ4v) is 17.6. The van der Waals surface area contributed by atoms with Crippen LogP contribution in [0, 0.1) is 0 Å². The van der Waals surface area contributed by atoms with Crippen LogP contribution in [-0.2, 0) is 0 Å². The molecule has 2 aliphatic rings. The van der Waals surface area contributed by atoms with Crippen LogP contribution in [0.25, 0.3) is 175 Å². The summed E-state index contributed by atoms with van der Waals surface area (Å²) < 4.78 is 2.35. The predicted octanol–water partition coefficient (Wildman–Crippen LogP) is 23.9. The van der Waals surface area contributed by atoms with E-state index in [4.69, 9.17) is 54.8 Å². The van der Waals surface area contributed by atoms with E-state index in [-0.39, 0.29) is 6.71 Å². The van der Waals surface area contributed by atoms with Gasteiger partial charge in [-0.2, -0.15) is 0 Å². The van der Waals surface area contributed by atoms with Gasteiger partial charge in [-0.3, -0.25) is 0 Å². The van der Waals surface area contributed by atoms with Crippen molar-refractivity contribution in [2.24, 2.45) is 0 Å². The first-order valence-corrected chi connectivity index (χ1v) is 41.4. The Kier molecular flexibility index (Phi) is 18.0. The minimum atomic E-state index is -0.0988. The molecule has 21 aromatic rings. The number of rotatable bonds is 16. The minimum absolute atomic E-state index is 0.0988. The first kappa shape index (κ1) is 72.3. The molecule has 0 atom stereocenters. The van der Waals surface area contributed by atoms with E-state index in [9.17, 15) is 0 Å². The average Bonchev–Trinajstić information content (AvgIpc) is 0.903. The van der Waals surface area contributed by atoms with E-state index < -0.39 is 0 Å². The zero-order valence-corrected chi connectivity index (χ0v) is 66.7. The number of benzene rings is 16. The number of para-hydroxylation sites is 4. The highest BCUT2D eigenvalue weighted by atomic mass is 15.2. The monoisotopic (exact) mass is 1580 g/mol. The number of nitrogens with zero attached hydrogens (tertiary/aromatic N) is 14. The molecule has 14 nitrogen and oxygen atoms in total. The highest BCUT2D eigenvalue weighted by Gasteiger charge is 2.44. The maximum Gasteiger partial charge on any atom is 0.252 e. The Labute approximate surface area is 715 Å². The molecular formula is C109H69BN14. The van der Waals surface area contributed by atoms with Gasteiger partial charge in [0.15, 0.2) is 58.2 Å². The molecule has 2 aliphatic heterocycles. The first-order chi connectivity index (χ1) is 61.5. The summed E-state index contributed by atoms with van der Waals surface area (Å²) in [5.41, 5.74) is 26.3. The number of fused-ring (bicyclic) bond motifs is 7. The highest BCUT2D eigenvalue weighted by molar-refractivity contribution is 7.00. The second-order valence-corrected chi connectivity index (χ2v) is 30.8. The van der Waals surface area contributed by atoms with Gasteiger partial charge >= 0.3 is 0 Å². The zero-order chi connectivity index (χ0) is 82.0. The normalized spacial score (nSPS) is 12.0. The third-order valence-electron chi connectivity index (χ3n) is 23.3. The SMILES string of the molecule is c1ccc(-c2cc(-c3cc(-c4nc(-c5ccccc5)nc(-c5ccccc5)n4)ccc3-n3c4ccc(-c5nc(-c6ccccc6)nc(-c6ccccc6)n5)cc4c4cc(-c5nc(-c6ccccc6)nc(-c6ccccc6)n5)ccc43)nc(-c3cccc(-c4ccc5c6c4N(c4ccccc4)c4ccccc4B6c4ccccc4N5c4ccccc4)c3)n2)cc1. The van der Waals surface area contributed by atoms with Crippen LogP contribution >= 0.6 is 0 Å². The van der Waals surface area contributed by atoms with Gasteiger partial charge in [-0.15, -0.1) is 0 Å². The molecule has 5 aromatic heterocycles. The van der Waals surface area contributed by atoms with Gasteiger partial charge in [0.2, 0.25) is 0 Å². The van der Waals surface area contributed by atoms with E-state index in [1.807, 2.05) is 188 Å². The third kappa shape index (κ3) is 13.1. The Hall–Kier alpha value is -16.9. The predicted molar refractivity (Wildman–Crippen MR) is 501 cm³/mol. The van der Waals surface area contributed by atoms with E-state index >= 15 is 0 Å². The molecule has 0 aliphatic carbocycles. The van der Waals surface area contributed by atoms with Crippen molar-refractivity contribution in [2.45, 2.75) is 0 Å². The lowest BCUT2D eigenvalue weighted by atomic mass is 9.33. The molecular weight excluding hydrogens is 1520 g/mol. The van der Waals surface area contributed by atoms with Crippen LogP contribution in [0.5, 0.6) is 0 Å². The molecule has 0 unspecified atom stereocenters. The summed E-state index contributed by atoms with van der Waals surface area (Å²) in [5.74, 6) is 5.30. The average molecular weight is 1590 g/mol. The Morgan fingerprint density at radius 3 is 0.935 bits per heavy atom. The second-order valence-electron chi connectivity index (χ2n) is 30.8. The fraction of sp³-hybridized carbons (Fsp3) is 0. The van der Waals surface area contributed by atoms with Crippen molar-refractivity contribution in [2.75, 3.05) is 9.80 Å². The van der Waals surface area contributed by atoms with Crippen molar-refractivity contribution in [3.8, 4) is 153 Å². The summed E-state index contributed by atoms with van der Waals surface area (Å²) in [6, 6.07) is 145. The molecule has 0 radical (unpaired) electrons. The maximum absolute atomic E-state index is 5.93. The van der Waals surface area contributed by atoms with Gasteiger partial charge in [0.05, 0.1) is 33.8 Å². The molecule has 0 bridgehead atoms. The summed E-state index contributed by atoms with van der Waals surface area (Å²) in [7, 11) is 0. The van der Waals surface area contributed by atoms with E-state index in [1.165, 1.54) is 16.4 Å². The fourth-order valence-electron chi connectivity index (χ4n) is 17.6. The number of hydrogen-bond donors (Lipinski definition) is 0. The molecule has 23 rings (SSSR count). The maximum atomic E-state index is 5.93. The Morgan fingerprint density at radius 2 is 0.500 bits per heavy atom. The summed E-state index contributed by atoms with van der Waals surface area (Å²) in [6.45, 7) is -0.0988. The van der Waals surface area contributed by atoms with Gasteiger partial charge < -0.3 is 14.4 Å². The largest absolute Gasteiger partial charge is 0.311 e. The van der Waals surface area contributed by atoms with E-state index in [1.54, 1.807) is 0 Å². The molecule has 0 saturated heterocycles. The van der Waals surface area contributed by atoms with Gasteiger partial charge in [0, 0.05) is 112 Å². The topological polar surface area (TPSA) is 153 Å². The lowest BCUT2D eigenvalue weighted by Crippen LogP contribution is -2.61. The van der Waals surface area contributed by atoms with Crippen molar-refractivity contribution >= 4 is 79.0 Å². The van der Waals surface area contributed by atoms with Gasteiger partial charge in [-0.25, -0.2) is 54.8 Å². The number of aromatic nitrogens is 12. The molecule has 15 heteroatoms. The van der Waals surface area contributed by atoms with E-state index in [0.717, 1.165) is 145 Å². The first-order valence-electron chi connectivity index (χ1n) is 41.4. The minimum Gasteiger partial charge on any atom is -0.311 e. The highest BCUT2D eigenvalue weighted by Crippen LogP contribution is 2.50. The number of hydrogen-bond acceptors (Lipinski definition) is 13. The van der Waals surface area contributed by atoms with Crippen LogP contribution in [0.3, 0.4) is 0 Å². The molecule has 16 aromatic carbocycles. The zero-order valence-electron chi connectivity index (χ0n) is 66.7. The summed E-state index contributed by atoms with van der Waals surface area (Å²) in [4.78, 5) is 64.0. The standard InChI is InChI=1S/C109H69BN14/c1-10-33-70(34-11-1)90-69-91(112-106(111-90)78-48-32-47-77(65-78)84-60-64-97-98-99(84)123(83-51-26-9-27-52-83)96-56-31-29-54-89(96)110(98)88-53-28-30-55-95(88)122(97)82-49-24-8-25-50-82)87-68-81(109-120-104(75-43-20-6-21-44-75)115-105(121-109)76-45-22-7-23-46-76)59-63-94(87)124-92-61-57-79(107-116-100(71-35-12-2-13-36-71)113-101(117-107)72-37-14-3-15-38-72)66-85(92)86-67-80(58-62-93(86)124)108-118-102(73-39-16-4-17-40-73)114-103(119-108)74-41-18-5-19-42-74/h1-69H. The molecule has 124 heavy (non-hydrogen) atoms.